The van der Waals surface area contributed by atoms with E-state index in [2.05, 4.69) is 50.4 Å². The van der Waals surface area contributed by atoms with Crippen molar-refractivity contribution < 1.29 is 9.69 Å². The number of hydrogen-bond donors (Lipinski definition) is 2. The van der Waals surface area contributed by atoms with Gasteiger partial charge in [0.25, 0.3) is 5.91 Å². The minimum atomic E-state index is 0.169. The first-order chi connectivity index (χ1) is 8.45. The molecular formula is C15H23N2O+. The van der Waals surface area contributed by atoms with E-state index in [4.69, 9.17) is 0 Å². The van der Waals surface area contributed by atoms with Crippen LogP contribution in [0.4, 0.5) is 0 Å². The first-order valence-corrected chi connectivity index (χ1v) is 6.65. The van der Waals surface area contributed by atoms with Crippen molar-refractivity contribution in [3.05, 3.63) is 35.4 Å². The molecule has 98 valence electrons. The van der Waals surface area contributed by atoms with Gasteiger partial charge in [0.2, 0.25) is 0 Å². The fourth-order valence-electron chi connectivity index (χ4n) is 2.32. The van der Waals surface area contributed by atoms with Crippen molar-refractivity contribution in [3.63, 3.8) is 0 Å². The zero-order valence-electron chi connectivity index (χ0n) is 11.5. The van der Waals surface area contributed by atoms with Crippen LogP contribution in [0.5, 0.6) is 0 Å². The lowest BCUT2D eigenvalue weighted by atomic mass is 9.87. The van der Waals surface area contributed by atoms with E-state index >= 15 is 0 Å². The summed E-state index contributed by atoms with van der Waals surface area (Å²) >= 11 is 0. The van der Waals surface area contributed by atoms with Gasteiger partial charge >= 0.3 is 0 Å². The maximum absolute atomic E-state index is 11.3. The van der Waals surface area contributed by atoms with Gasteiger partial charge in [-0.2, -0.15) is 0 Å². The van der Waals surface area contributed by atoms with E-state index in [1.165, 1.54) is 16.0 Å². The number of benzene rings is 1. The SMILES string of the molecule is CC(C)(C)c1ccc(C[NH+]2CCNC(=O)C2)cc1. The topological polar surface area (TPSA) is 33.5 Å². The van der Waals surface area contributed by atoms with Crippen LogP contribution in [0.25, 0.3) is 0 Å². The molecule has 18 heavy (non-hydrogen) atoms. The van der Waals surface area contributed by atoms with Gasteiger partial charge in [-0.1, -0.05) is 45.0 Å². The highest BCUT2D eigenvalue weighted by atomic mass is 16.2. The maximum Gasteiger partial charge on any atom is 0.275 e. The molecule has 3 heteroatoms. The number of hydrogen-bond acceptors (Lipinski definition) is 1. The molecule has 1 unspecified atom stereocenters. The Morgan fingerprint density at radius 3 is 2.44 bits per heavy atom. The summed E-state index contributed by atoms with van der Waals surface area (Å²) in [5.41, 5.74) is 2.88. The van der Waals surface area contributed by atoms with E-state index in [0.717, 1.165) is 19.6 Å². The van der Waals surface area contributed by atoms with Gasteiger partial charge in [-0.05, 0) is 11.0 Å². The van der Waals surface area contributed by atoms with Crippen LogP contribution in [0, 0.1) is 0 Å². The van der Waals surface area contributed by atoms with Crippen LogP contribution in [-0.2, 0) is 16.8 Å². The molecule has 2 N–H and O–H groups in total. The largest absolute Gasteiger partial charge is 0.346 e. The van der Waals surface area contributed by atoms with Crippen LogP contribution in [0.15, 0.2) is 24.3 Å². The van der Waals surface area contributed by atoms with Gasteiger partial charge < -0.3 is 10.2 Å². The first-order valence-electron chi connectivity index (χ1n) is 6.65. The lowest BCUT2D eigenvalue weighted by Crippen LogP contribution is -3.14. The zero-order chi connectivity index (χ0) is 13.2. The molecule has 0 saturated carbocycles. The molecule has 1 atom stereocenters. The molecule has 1 aliphatic rings. The number of carbonyl (C=O) groups excluding carboxylic acids is 1. The zero-order valence-corrected chi connectivity index (χ0v) is 11.5. The highest BCUT2D eigenvalue weighted by Gasteiger charge is 2.20. The minimum absolute atomic E-state index is 0.169. The van der Waals surface area contributed by atoms with Crippen molar-refractivity contribution in [2.24, 2.45) is 0 Å². The van der Waals surface area contributed by atoms with Crippen LogP contribution in [0.1, 0.15) is 31.9 Å². The lowest BCUT2D eigenvalue weighted by Gasteiger charge is -2.24. The van der Waals surface area contributed by atoms with E-state index in [1.807, 2.05) is 0 Å². The molecule has 0 spiro atoms. The Balaban J connectivity index is 2.00. The van der Waals surface area contributed by atoms with Gasteiger partial charge in [0, 0.05) is 5.56 Å². The van der Waals surface area contributed by atoms with E-state index in [1.54, 1.807) is 0 Å². The first kappa shape index (κ1) is 13.1. The Morgan fingerprint density at radius 1 is 1.22 bits per heavy atom. The van der Waals surface area contributed by atoms with Crippen molar-refractivity contribution in [1.29, 1.82) is 0 Å². The molecule has 1 fully saturated rings. The molecule has 0 radical (unpaired) electrons. The Hall–Kier alpha value is -1.35. The Bertz CT molecular complexity index is 417. The van der Waals surface area contributed by atoms with Crippen molar-refractivity contribution in [3.8, 4) is 0 Å². The highest BCUT2D eigenvalue weighted by Crippen LogP contribution is 2.21. The predicted molar refractivity (Wildman–Crippen MR) is 72.6 cm³/mol. The standard InChI is InChI=1S/C15H22N2O/c1-15(2,3)13-6-4-12(5-7-13)10-17-9-8-16-14(18)11-17/h4-7H,8-11H2,1-3H3,(H,16,18)/p+1. The summed E-state index contributed by atoms with van der Waals surface area (Å²) in [5, 5.41) is 2.87. The van der Waals surface area contributed by atoms with Gasteiger partial charge in [-0.25, -0.2) is 0 Å². The van der Waals surface area contributed by atoms with Crippen LogP contribution >= 0.6 is 0 Å². The number of amides is 1. The summed E-state index contributed by atoms with van der Waals surface area (Å²) in [4.78, 5) is 12.7. The second-order valence-corrected chi connectivity index (χ2v) is 6.15. The smallest absolute Gasteiger partial charge is 0.275 e. The van der Waals surface area contributed by atoms with Gasteiger partial charge in [-0.15, -0.1) is 0 Å². The van der Waals surface area contributed by atoms with Gasteiger partial charge in [-0.3, -0.25) is 4.79 Å². The summed E-state index contributed by atoms with van der Waals surface area (Å²) in [6.45, 7) is 10.0. The molecule has 3 nitrogen and oxygen atoms in total. The molecule has 0 aromatic heterocycles. The molecule has 1 saturated heterocycles. The van der Waals surface area contributed by atoms with Gasteiger partial charge in [0.15, 0.2) is 6.54 Å². The van der Waals surface area contributed by atoms with E-state index < -0.39 is 0 Å². The molecule has 1 aliphatic heterocycles. The van der Waals surface area contributed by atoms with E-state index in [-0.39, 0.29) is 11.3 Å². The molecule has 1 heterocycles. The number of nitrogens with one attached hydrogen (secondary N) is 2. The Labute approximate surface area is 109 Å². The lowest BCUT2D eigenvalue weighted by molar-refractivity contribution is -0.907. The normalized spacial score (nSPS) is 20.6. The minimum Gasteiger partial charge on any atom is -0.346 e. The summed E-state index contributed by atoms with van der Waals surface area (Å²) in [5.74, 6) is 0.169. The predicted octanol–water partition coefficient (Wildman–Crippen LogP) is 0.499. The number of piperazine rings is 1. The fraction of sp³-hybridized carbons (Fsp3) is 0.533. The van der Waals surface area contributed by atoms with Gasteiger partial charge in [0.1, 0.15) is 6.54 Å². The Kier molecular flexibility index (Phi) is 3.71. The van der Waals surface area contributed by atoms with Crippen molar-refractivity contribution in [1.82, 2.24) is 5.32 Å². The summed E-state index contributed by atoms with van der Waals surface area (Å²) in [7, 11) is 0. The van der Waals surface area contributed by atoms with Crippen LogP contribution < -0.4 is 10.2 Å². The molecule has 1 amide bonds. The summed E-state index contributed by atoms with van der Waals surface area (Å²) < 4.78 is 0. The van der Waals surface area contributed by atoms with Crippen molar-refractivity contribution >= 4 is 5.91 Å². The van der Waals surface area contributed by atoms with Crippen molar-refractivity contribution in [2.45, 2.75) is 32.7 Å². The third-order valence-electron chi connectivity index (χ3n) is 3.49. The van der Waals surface area contributed by atoms with Crippen molar-refractivity contribution in [2.75, 3.05) is 19.6 Å². The monoisotopic (exact) mass is 247 g/mol. The Morgan fingerprint density at radius 2 is 1.89 bits per heavy atom. The highest BCUT2D eigenvalue weighted by molar-refractivity contribution is 5.77. The van der Waals surface area contributed by atoms with Crippen LogP contribution in [0.3, 0.4) is 0 Å². The number of carbonyl (C=O) groups is 1. The molecular weight excluding hydrogens is 224 g/mol. The molecule has 1 aromatic carbocycles. The van der Waals surface area contributed by atoms with E-state index in [0.29, 0.717) is 6.54 Å². The van der Waals surface area contributed by atoms with Crippen LogP contribution in [-0.4, -0.2) is 25.5 Å². The summed E-state index contributed by atoms with van der Waals surface area (Å²) in [6.07, 6.45) is 0. The quantitative estimate of drug-likeness (QED) is 0.784. The molecule has 0 bridgehead atoms. The number of rotatable bonds is 2. The third kappa shape index (κ3) is 3.33. The van der Waals surface area contributed by atoms with E-state index in [9.17, 15) is 4.79 Å². The van der Waals surface area contributed by atoms with Crippen LogP contribution in [0.2, 0.25) is 0 Å². The molecule has 2 rings (SSSR count). The molecule has 1 aromatic rings. The third-order valence-corrected chi connectivity index (χ3v) is 3.49. The number of quaternary nitrogens is 1. The maximum atomic E-state index is 11.3. The fourth-order valence-corrected chi connectivity index (χ4v) is 2.32. The molecule has 0 aliphatic carbocycles. The van der Waals surface area contributed by atoms with Gasteiger partial charge in [0.05, 0.1) is 13.1 Å². The second-order valence-electron chi connectivity index (χ2n) is 6.15. The second kappa shape index (κ2) is 5.11. The average Bonchev–Trinajstić information content (AvgIpc) is 2.28. The average molecular weight is 247 g/mol. The summed E-state index contributed by atoms with van der Waals surface area (Å²) in [6, 6.07) is 8.80.